The van der Waals surface area contributed by atoms with E-state index in [1.807, 2.05) is 0 Å². The van der Waals surface area contributed by atoms with Crippen LogP contribution in [0.5, 0.6) is 0 Å². The molecule has 0 radical (unpaired) electrons. The molecule has 66 valence electrons. The van der Waals surface area contributed by atoms with Crippen molar-refractivity contribution in [3.05, 3.63) is 17.3 Å². The molecule has 13 heavy (non-hydrogen) atoms. The van der Waals surface area contributed by atoms with Gasteiger partial charge < -0.3 is 10.7 Å². The first kappa shape index (κ1) is 7.93. The second kappa shape index (κ2) is 2.67. The number of imidazole rings is 1. The minimum Gasteiger partial charge on any atom is -0.363 e. The Morgan fingerprint density at radius 1 is 1.54 bits per heavy atom. The Morgan fingerprint density at radius 2 is 2.31 bits per heavy atom. The number of halogens is 1. The summed E-state index contributed by atoms with van der Waals surface area (Å²) >= 11 is 5.72. The van der Waals surface area contributed by atoms with Gasteiger partial charge in [-0.25, -0.2) is 15.0 Å². The zero-order chi connectivity index (χ0) is 9.42. The topological polar surface area (TPSA) is 97.6 Å². The lowest BCUT2D eigenvalue weighted by Crippen LogP contribution is -2.15. The minimum absolute atomic E-state index is 0.135. The third kappa shape index (κ3) is 1.20. The van der Waals surface area contributed by atoms with Gasteiger partial charge in [0.15, 0.2) is 10.8 Å². The number of carbonyl (C=O) groups is 1. The third-order valence-corrected chi connectivity index (χ3v) is 1.74. The maximum atomic E-state index is 10.7. The monoisotopic (exact) mass is 197 g/mol. The number of primary amides is 1. The van der Waals surface area contributed by atoms with Gasteiger partial charge >= 0.3 is 0 Å². The number of aromatic nitrogens is 4. The highest BCUT2D eigenvalue weighted by Crippen LogP contribution is 2.15. The van der Waals surface area contributed by atoms with Gasteiger partial charge in [-0.3, -0.25) is 4.79 Å². The van der Waals surface area contributed by atoms with Crippen molar-refractivity contribution in [2.24, 2.45) is 5.73 Å². The summed E-state index contributed by atoms with van der Waals surface area (Å²) < 4.78 is 0. The van der Waals surface area contributed by atoms with Crippen molar-refractivity contribution in [3.63, 3.8) is 0 Å². The van der Waals surface area contributed by atoms with Gasteiger partial charge in [-0.15, -0.1) is 0 Å². The second-order valence-corrected chi connectivity index (χ2v) is 2.66. The molecule has 0 spiro atoms. The van der Waals surface area contributed by atoms with Crippen molar-refractivity contribution in [2.45, 2.75) is 0 Å². The molecule has 2 rings (SSSR count). The number of amides is 1. The number of aromatic amines is 1. The van der Waals surface area contributed by atoms with E-state index >= 15 is 0 Å². The molecule has 2 heterocycles. The molecule has 0 saturated carbocycles. The van der Waals surface area contributed by atoms with Crippen LogP contribution in [0.2, 0.25) is 5.15 Å². The number of nitrogens with zero attached hydrogens (tertiary/aromatic N) is 3. The summed E-state index contributed by atoms with van der Waals surface area (Å²) in [6.07, 6.45) is 1.41. The molecule has 0 saturated heterocycles. The normalized spacial score (nSPS) is 10.5. The summed E-state index contributed by atoms with van der Waals surface area (Å²) in [5.41, 5.74) is 5.80. The molecule has 6 nitrogen and oxygen atoms in total. The van der Waals surface area contributed by atoms with Crippen molar-refractivity contribution in [3.8, 4) is 0 Å². The molecule has 2 aromatic rings. The zero-order valence-electron chi connectivity index (χ0n) is 6.28. The first-order valence-corrected chi connectivity index (χ1v) is 3.72. The van der Waals surface area contributed by atoms with Gasteiger partial charge in [0.1, 0.15) is 5.52 Å². The Hall–Kier alpha value is -1.69. The second-order valence-electron chi connectivity index (χ2n) is 2.30. The highest BCUT2D eigenvalue weighted by atomic mass is 35.5. The van der Waals surface area contributed by atoms with Crippen LogP contribution in [-0.4, -0.2) is 25.8 Å². The molecule has 0 atom stereocenters. The Bertz CT molecular complexity index is 479. The van der Waals surface area contributed by atoms with Gasteiger partial charge in [0.2, 0.25) is 5.82 Å². The van der Waals surface area contributed by atoms with Crippen LogP contribution in [0.1, 0.15) is 10.6 Å². The molecule has 0 bridgehead atoms. The van der Waals surface area contributed by atoms with E-state index in [2.05, 4.69) is 19.9 Å². The summed E-state index contributed by atoms with van der Waals surface area (Å²) in [6, 6.07) is 0. The van der Waals surface area contributed by atoms with Crippen LogP contribution in [0, 0.1) is 0 Å². The van der Waals surface area contributed by atoms with Crippen LogP contribution in [0.25, 0.3) is 11.2 Å². The summed E-state index contributed by atoms with van der Waals surface area (Å²) in [7, 11) is 0. The fraction of sp³-hybridized carbons (Fsp3) is 0. The first-order valence-electron chi connectivity index (χ1n) is 3.35. The Morgan fingerprint density at radius 3 is 3.00 bits per heavy atom. The predicted molar refractivity (Wildman–Crippen MR) is 45.2 cm³/mol. The Labute approximate surface area is 77.2 Å². The van der Waals surface area contributed by atoms with Gasteiger partial charge in [-0.1, -0.05) is 11.6 Å². The van der Waals surface area contributed by atoms with Gasteiger partial charge in [0.05, 0.1) is 6.33 Å². The van der Waals surface area contributed by atoms with E-state index in [0.717, 1.165) is 0 Å². The number of rotatable bonds is 1. The molecule has 1 amide bonds. The van der Waals surface area contributed by atoms with E-state index in [9.17, 15) is 4.79 Å². The Balaban J connectivity index is 2.77. The van der Waals surface area contributed by atoms with Crippen LogP contribution in [0.15, 0.2) is 6.33 Å². The molecule has 3 N–H and O–H groups in total. The van der Waals surface area contributed by atoms with E-state index in [4.69, 9.17) is 17.3 Å². The van der Waals surface area contributed by atoms with Crippen molar-refractivity contribution < 1.29 is 4.79 Å². The van der Waals surface area contributed by atoms with E-state index in [1.54, 1.807) is 0 Å². The third-order valence-electron chi connectivity index (χ3n) is 1.46. The molecule has 0 aliphatic rings. The number of nitrogens with one attached hydrogen (secondary N) is 1. The van der Waals surface area contributed by atoms with Crippen molar-refractivity contribution >= 4 is 28.7 Å². The lowest BCUT2D eigenvalue weighted by molar-refractivity contribution is 0.0991. The minimum atomic E-state index is -0.730. The van der Waals surface area contributed by atoms with Crippen molar-refractivity contribution in [1.29, 1.82) is 0 Å². The van der Waals surface area contributed by atoms with E-state index in [1.165, 1.54) is 6.33 Å². The highest BCUT2D eigenvalue weighted by Gasteiger charge is 2.10. The van der Waals surface area contributed by atoms with Gasteiger partial charge in [0.25, 0.3) is 5.91 Å². The largest absolute Gasteiger partial charge is 0.363 e. The molecule has 0 aliphatic heterocycles. The summed E-state index contributed by atoms with van der Waals surface area (Å²) in [5, 5.41) is 0.135. The first-order chi connectivity index (χ1) is 6.18. The van der Waals surface area contributed by atoms with Crippen LogP contribution in [0.4, 0.5) is 0 Å². The van der Waals surface area contributed by atoms with Gasteiger partial charge in [-0.05, 0) is 0 Å². The van der Waals surface area contributed by atoms with Crippen LogP contribution < -0.4 is 5.73 Å². The SMILES string of the molecule is NC(=O)c1nc(Cl)c2[nH]cnc2n1. The molecule has 0 fully saturated rings. The maximum absolute atomic E-state index is 10.7. The van der Waals surface area contributed by atoms with E-state index in [-0.39, 0.29) is 11.0 Å². The lowest BCUT2D eigenvalue weighted by atomic mass is 10.5. The van der Waals surface area contributed by atoms with E-state index < -0.39 is 5.91 Å². The predicted octanol–water partition coefficient (Wildman–Crippen LogP) is 0.105. The summed E-state index contributed by atoms with van der Waals surface area (Å²) in [5.74, 6) is -0.864. The number of fused-ring (bicyclic) bond motifs is 1. The maximum Gasteiger partial charge on any atom is 0.286 e. The number of H-pyrrole nitrogens is 1. The number of hydrogen-bond acceptors (Lipinski definition) is 4. The van der Waals surface area contributed by atoms with Crippen LogP contribution >= 0.6 is 11.6 Å². The molecular weight excluding hydrogens is 194 g/mol. The average Bonchev–Trinajstić information content (AvgIpc) is 2.51. The summed E-state index contributed by atoms with van der Waals surface area (Å²) in [4.78, 5) is 24.7. The lowest BCUT2D eigenvalue weighted by Gasteiger charge is -1.94. The Kier molecular flexibility index (Phi) is 1.63. The number of hydrogen-bond donors (Lipinski definition) is 2. The molecule has 0 aliphatic carbocycles. The number of carbonyl (C=O) groups excluding carboxylic acids is 1. The fourth-order valence-corrected chi connectivity index (χ4v) is 1.13. The fourth-order valence-electron chi connectivity index (χ4n) is 0.908. The summed E-state index contributed by atoms with van der Waals surface area (Å²) in [6.45, 7) is 0. The van der Waals surface area contributed by atoms with Crippen molar-refractivity contribution in [1.82, 2.24) is 19.9 Å². The van der Waals surface area contributed by atoms with Crippen LogP contribution in [-0.2, 0) is 0 Å². The molecular formula is C6H4ClN5O. The zero-order valence-corrected chi connectivity index (χ0v) is 7.04. The van der Waals surface area contributed by atoms with Gasteiger partial charge in [-0.2, -0.15) is 0 Å². The van der Waals surface area contributed by atoms with Crippen LogP contribution in [0.3, 0.4) is 0 Å². The standard InChI is InChI=1S/C6H4ClN5O/c7-3-2-5(10-1-9-2)12-6(11-3)4(8)13/h1H,(H2,8,13)(H,9,10,11,12). The van der Waals surface area contributed by atoms with Crippen molar-refractivity contribution in [2.75, 3.05) is 0 Å². The molecule has 0 unspecified atom stereocenters. The molecule has 7 heteroatoms. The van der Waals surface area contributed by atoms with E-state index in [0.29, 0.717) is 11.2 Å². The quantitative estimate of drug-likeness (QED) is 0.634. The van der Waals surface area contributed by atoms with Gasteiger partial charge in [0, 0.05) is 0 Å². The molecule has 0 aromatic carbocycles. The average molecular weight is 198 g/mol. The highest BCUT2D eigenvalue weighted by molar-refractivity contribution is 6.33. The number of nitrogens with two attached hydrogens (primary N) is 1. The smallest absolute Gasteiger partial charge is 0.286 e. The molecule has 2 aromatic heterocycles.